The molecule has 0 unspecified atom stereocenters. The van der Waals surface area contributed by atoms with Crippen LogP contribution in [0.15, 0.2) is 117 Å². The molecule has 0 fully saturated rings. The fourth-order valence-corrected chi connectivity index (χ4v) is 10.2. The van der Waals surface area contributed by atoms with Crippen molar-refractivity contribution in [3.63, 3.8) is 0 Å². The third-order valence-corrected chi connectivity index (χ3v) is 14.8. The first-order chi connectivity index (χ1) is 40.6. The average Bonchev–Trinajstić information content (AvgIpc) is 1.50. The van der Waals surface area contributed by atoms with Crippen LogP contribution in [0.25, 0.3) is 0 Å². The minimum absolute atomic E-state index is 0.0113. The first kappa shape index (κ1) is 70.7. The Morgan fingerprint density at radius 2 is 0.942 bits per heavy atom. The molecular weight excluding hydrogens is 1120 g/mol. The number of methoxy groups -OCH3 is 4. The topological polar surface area (TPSA) is 368 Å². The summed E-state index contributed by atoms with van der Waals surface area (Å²) in [7, 11) is 5.62. The molecule has 4 bridgehead atoms. The van der Waals surface area contributed by atoms with Gasteiger partial charge in [0.25, 0.3) is 11.8 Å². The summed E-state index contributed by atoms with van der Waals surface area (Å²) >= 11 is 0. The molecule has 0 saturated heterocycles. The predicted octanol–water partition coefficient (Wildman–Crippen LogP) is 3.87. The zero-order chi connectivity index (χ0) is 64.1. The van der Waals surface area contributed by atoms with Crippen LogP contribution >= 0.6 is 0 Å². The molecule has 25 heteroatoms. The van der Waals surface area contributed by atoms with Gasteiger partial charge >= 0.3 is 18.3 Å². The van der Waals surface area contributed by atoms with Crippen molar-refractivity contribution in [2.75, 3.05) is 54.7 Å². The fourth-order valence-electron chi connectivity index (χ4n) is 10.2. The Bertz CT molecular complexity index is 2690. The molecule has 2 heterocycles. The quantitative estimate of drug-likeness (QED) is 0.0402. The van der Waals surface area contributed by atoms with Gasteiger partial charge in [-0.15, -0.1) is 0 Å². The van der Waals surface area contributed by atoms with E-state index < -0.39 is 126 Å². The molecule has 0 aromatic heterocycles. The highest BCUT2D eigenvalue weighted by atomic mass is 16.7. The third-order valence-electron chi connectivity index (χ3n) is 14.8. The number of nitrogens with one attached hydrogen (secondary N) is 4. The number of primary amides is 2. The summed E-state index contributed by atoms with van der Waals surface area (Å²) in [5.74, 6) is -6.03. The lowest BCUT2D eigenvalue weighted by Gasteiger charge is -2.30. The molecule has 4 rings (SSSR count). The highest BCUT2D eigenvalue weighted by Gasteiger charge is 2.36. The molecular formula is C61H84N6O19. The van der Waals surface area contributed by atoms with Gasteiger partial charge in [0.1, 0.15) is 25.4 Å². The standard InChI is InChI=1S/C61H84N6O19/c1-31-23-39-49(43(68)29-41(53(39)72)66-57(74)33(3)15-13-17-45(79-9)55(85-59(62)76)37(7)27-35(5)51(70)47(25-31)81-11)64-19-21-83-61(78)84-22-20-65-50-40-24-32(2)26-48(82-12)52(71)36(6)28-38(8)56(86-60(63)77)46(80-10)18-14-16-34(4)58(75)67-42(54(40)73)30-44(50)69/h13-18,27-32,35-36,45-48,51-52,55-56,64-65,70-71H,19-26H2,1-12H3,(H2,62,76)(H2,63,77)(H,66,74)(H,67,75)/b17-13-,18-14-,33-15+,34-16+,37-27+,38-28+/t31-,32-,35+,36+,45+,46+,47+,48+,51-,52-,55+,56+/m1/s1. The van der Waals surface area contributed by atoms with Gasteiger partial charge < -0.3 is 80.8 Å². The number of aliphatic hydroxyl groups excluding tert-OH is 2. The van der Waals surface area contributed by atoms with Crippen LogP contribution in [-0.4, -0.2) is 167 Å². The van der Waals surface area contributed by atoms with E-state index >= 15 is 0 Å². The van der Waals surface area contributed by atoms with Gasteiger partial charge in [0.15, 0.2) is 12.2 Å². The summed E-state index contributed by atoms with van der Waals surface area (Å²) in [6.45, 7) is 12.3. The number of rotatable bonds is 14. The van der Waals surface area contributed by atoms with Gasteiger partial charge in [-0.05, 0) is 76.4 Å². The summed E-state index contributed by atoms with van der Waals surface area (Å²) < 4.78 is 44.0. The molecule has 0 aromatic carbocycles. The summed E-state index contributed by atoms with van der Waals surface area (Å²) in [6, 6.07) is 0. The number of ether oxygens (including phenoxy) is 8. The van der Waals surface area contributed by atoms with E-state index in [0.29, 0.717) is 11.1 Å². The van der Waals surface area contributed by atoms with Crippen molar-refractivity contribution in [3.05, 3.63) is 117 Å². The van der Waals surface area contributed by atoms with Crippen LogP contribution in [0.2, 0.25) is 0 Å². The molecule has 4 aliphatic rings. The van der Waals surface area contributed by atoms with E-state index in [1.807, 2.05) is 0 Å². The molecule has 0 aromatic rings. The van der Waals surface area contributed by atoms with E-state index in [1.165, 1.54) is 78.7 Å². The van der Waals surface area contributed by atoms with Crippen molar-refractivity contribution in [1.29, 1.82) is 0 Å². The zero-order valence-corrected chi connectivity index (χ0v) is 50.8. The van der Waals surface area contributed by atoms with Crippen LogP contribution in [0.4, 0.5) is 14.4 Å². The summed E-state index contributed by atoms with van der Waals surface area (Å²) in [5, 5.41) is 33.9. The van der Waals surface area contributed by atoms with Crippen molar-refractivity contribution in [1.82, 2.24) is 21.3 Å². The van der Waals surface area contributed by atoms with Gasteiger partial charge in [-0.3, -0.25) is 28.8 Å². The maximum Gasteiger partial charge on any atom is 0.508 e. The Balaban J connectivity index is 1.51. The van der Waals surface area contributed by atoms with Crippen molar-refractivity contribution in [3.8, 4) is 0 Å². The number of hydrogen-bond donors (Lipinski definition) is 8. The number of allylic oxidation sites excluding steroid dienone is 8. The van der Waals surface area contributed by atoms with E-state index in [4.69, 9.17) is 49.4 Å². The van der Waals surface area contributed by atoms with Gasteiger partial charge in [-0.25, -0.2) is 14.4 Å². The van der Waals surface area contributed by atoms with Crippen LogP contribution in [0.1, 0.15) is 81.1 Å². The van der Waals surface area contributed by atoms with E-state index in [9.17, 15) is 53.4 Å². The van der Waals surface area contributed by atoms with Crippen molar-refractivity contribution in [2.45, 2.75) is 130 Å². The molecule has 86 heavy (non-hydrogen) atoms. The highest BCUT2D eigenvalue weighted by Crippen LogP contribution is 2.31. The Morgan fingerprint density at radius 1 is 0.581 bits per heavy atom. The molecule has 25 nitrogen and oxygen atoms in total. The van der Waals surface area contributed by atoms with Crippen molar-refractivity contribution >= 4 is 53.3 Å². The highest BCUT2D eigenvalue weighted by molar-refractivity contribution is 6.24. The molecule has 2 aliphatic heterocycles. The minimum Gasteiger partial charge on any atom is -0.439 e. The number of carbonyl (C=O) groups is 9. The molecule has 4 amide bonds. The summed E-state index contributed by atoms with van der Waals surface area (Å²) in [4.78, 5) is 120. The average molecular weight is 1210 g/mol. The second kappa shape index (κ2) is 33.8. The van der Waals surface area contributed by atoms with Crippen LogP contribution in [-0.2, 0) is 66.7 Å². The number of Topliss-reactive ketones (excluding diaryl/α,β-unsaturated/α-hetero) is 2. The molecule has 0 radical (unpaired) electrons. The first-order valence-electron chi connectivity index (χ1n) is 28.1. The molecule has 0 spiro atoms. The third kappa shape index (κ3) is 20.2. The second-order valence-electron chi connectivity index (χ2n) is 21.7. The van der Waals surface area contributed by atoms with E-state index in [2.05, 4.69) is 21.3 Å². The number of hydrogen-bond acceptors (Lipinski definition) is 21. The number of aliphatic hydroxyl groups is 2. The number of carbonyl (C=O) groups excluding carboxylic acids is 9. The van der Waals surface area contributed by atoms with Crippen LogP contribution in [0.5, 0.6) is 0 Å². The lowest BCUT2D eigenvalue weighted by molar-refractivity contribution is -0.120. The Morgan fingerprint density at radius 3 is 1.27 bits per heavy atom. The predicted molar refractivity (Wildman–Crippen MR) is 312 cm³/mol. The number of amides is 4. The van der Waals surface area contributed by atoms with E-state index in [-0.39, 0.29) is 97.1 Å². The number of nitrogens with two attached hydrogens (primary N) is 2. The lowest BCUT2D eigenvalue weighted by Crippen LogP contribution is -2.38. The minimum atomic E-state index is -1.14. The van der Waals surface area contributed by atoms with Gasteiger partial charge in [0.05, 0.1) is 47.2 Å². The molecule has 12 atom stereocenters. The first-order valence-corrected chi connectivity index (χ1v) is 28.1. The Labute approximate surface area is 501 Å². The maximum absolute atomic E-state index is 14.2. The maximum atomic E-state index is 14.2. The molecule has 10 N–H and O–H groups in total. The van der Waals surface area contributed by atoms with Gasteiger partial charge in [0, 0.05) is 87.8 Å². The van der Waals surface area contributed by atoms with Crippen molar-refractivity contribution in [2.24, 2.45) is 35.1 Å². The van der Waals surface area contributed by atoms with Gasteiger partial charge in [0.2, 0.25) is 23.1 Å². The molecule has 0 saturated carbocycles. The normalized spacial score (nSPS) is 31.3. The number of fused-ring (bicyclic) bond motifs is 4. The Kier molecular flexibility index (Phi) is 27.8. The fraction of sp³-hybridized carbons (Fsp3) is 0.525. The molecule has 472 valence electrons. The van der Waals surface area contributed by atoms with Crippen molar-refractivity contribution < 1.29 is 91.3 Å². The smallest absolute Gasteiger partial charge is 0.439 e. The van der Waals surface area contributed by atoms with Gasteiger partial charge in [-0.2, -0.15) is 0 Å². The van der Waals surface area contributed by atoms with E-state index in [0.717, 1.165) is 12.2 Å². The SMILES string of the molecule is CO[C@H]1/C=C\C=C(/C)C(=O)NC2=CC(=O)C(NCCOC(=O)OCCNC3=C4C[C@@H](C)C[C@H](OC)[C@H](O)[C@@H](C)/C=C(\C)[C@H](OC(N)=O)[C@@H](OC)/C=C\C=C(/C)C(=O)NC(=CC3=O)C4=O)=C(C[C@@H](C)C[C@H](OC)[C@H](O)[C@@H](C)/C=C(\C)[C@@H]1OC(N)=O)C2=O. The van der Waals surface area contributed by atoms with Crippen LogP contribution in [0, 0.1) is 23.7 Å². The largest absolute Gasteiger partial charge is 0.508 e. The number of ketones is 4. The lowest BCUT2D eigenvalue weighted by atomic mass is 9.85. The van der Waals surface area contributed by atoms with E-state index in [1.54, 1.807) is 53.7 Å². The zero-order valence-electron chi connectivity index (χ0n) is 50.8. The summed E-state index contributed by atoms with van der Waals surface area (Å²) in [5.41, 5.74) is 11.3. The monoisotopic (exact) mass is 1200 g/mol. The Hall–Kier alpha value is -7.81. The summed E-state index contributed by atoms with van der Waals surface area (Å²) in [6.07, 6.45) is 3.78. The van der Waals surface area contributed by atoms with Crippen LogP contribution < -0.4 is 32.7 Å². The van der Waals surface area contributed by atoms with Crippen LogP contribution in [0.3, 0.4) is 0 Å². The molecule has 2 aliphatic carbocycles. The van der Waals surface area contributed by atoms with Gasteiger partial charge in [-0.1, -0.05) is 76.3 Å². The second-order valence-corrected chi connectivity index (χ2v) is 21.7.